The molecule has 0 saturated heterocycles. The van der Waals surface area contributed by atoms with Gasteiger partial charge in [-0.3, -0.25) is 0 Å². The van der Waals surface area contributed by atoms with Gasteiger partial charge in [-0.25, -0.2) is 0 Å². The molecule has 2 nitrogen and oxygen atoms in total. The van der Waals surface area contributed by atoms with Gasteiger partial charge in [0.05, 0.1) is 6.61 Å². The number of hydrogen-bond acceptors (Lipinski definition) is 2. The Labute approximate surface area is 101 Å². The third kappa shape index (κ3) is 13.7. The highest BCUT2D eigenvalue weighted by Gasteiger charge is 1.87. The highest BCUT2D eigenvalue weighted by molar-refractivity contribution is 4.81. The largest absolute Gasteiger partial charge is 0.383 e. The topological polar surface area (TPSA) is 21.3 Å². The highest BCUT2D eigenvalue weighted by Crippen LogP contribution is 2.05. The zero-order chi connectivity index (χ0) is 11.9. The van der Waals surface area contributed by atoms with E-state index in [1.165, 1.54) is 38.5 Å². The lowest BCUT2D eigenvalue weighted by molar-refractivity contribution is 0.199. The van der Waals surface area contributed by atoms with Crippen LogP contribution in [0.15, 0.2) is 12.2 Å². The standard InChI is InChI=1S/C14H29NO/c1-3-4-5-6-7-8-9-10-11-12-15-13-14-16-2/h9-10,15H,3-8,11-14H2,1-2H3. The van der Waals surface area contributed by atoms with Crippen LogP contribution in [0.2, 0.25) is 0 Å². The van der Waals surface area contributed by atoms with Crippen LogP contribution in [0.3, 0.4) is 0 Å². The summed E-state index contributed by atoms with van der Waals surface area (Å²) in [6, 6.07) is 0. The summed E-state index contributed by atoms with van der Waals surface area (Å²) in [7, 11) is 1.74. The van der Waals surface area contributed by atoms with E-state index in [-0.39, 0.29) is 0 Å². The van der Waals surface area contributed by atoms with E-state index >= 15 is 0 Å². The van der Waals surface area contributed by atoms with Crippen LogP contribution >= 0.6 is 0 Å². The van der Waals surface area contributed by atoms with Gasteiger partial charge in [-0.15, -0.1) is 0 Å². The molecule has 16 heavy (non-hydrogen) atoms. The van der Waals surface area contributed by atoms with Gasteiger partial charge in [-0.05, 0) is 25.8 Å². The molecule has 0 atom stereocenters. The first-order valence-electron chi connectivity index (χ1n) is 6.76. The molecule has 0 aliphatic heterocycles. The van der Waals surface area contributed by atoms with Crippen molar-refractivity contribution in [2.24, 2.45) is 0 Å². The average Bonchev–Trinajstić information content (AvgIpc) is 2.31. The number of unbranched alkanes of at least 4 members (excludes halogenated alkanes) is 5. The number of allylic oxidation sites excluding steroid dienone is 1. The monoisotopic (exact) mass is 227 g/mol. The fourth-order valence-corrected chi connectivity index (χ4v) is 1.59. The summed E-state index contributed by atoms with van der Waals surface area (Å²) in [5.74, 6) is 0. The Kier molecular flexibility index (Phi) is 14.3. The molecule has 0 rings (SSSR count). The summed E-state index contributed by atoms with van der Waals surface area (Å²) in [5, 5.41) is 3.33. The second kappa shape index (κ2) is 14.7. The molecule has 0 aromatic rings. The molecule has 0 radical (unpaired) electrons. The van der Waals surface area contributed by atoms with Crippen LogP contribution in [0.5, 0.6) is 0 Å². The van der Waals surface area contributed by atoms with E-state index in [0.29, 0.717) is 0 Å². The fraction of sp³-hybridized carbons (Fsp3) is 0.857. The molecule has 0 aliphatic rings. The van der Waals surface area contributed by atoms with Gasteiger partial charge in [0.25, 0.3) is 0 Å². The molecule has 0 aromatic carbocycles. The molecule has 96 valence electrons. The molecule has 2 heteroatoms. The van der Waals surface area contributed by atoms with E-state index < -0.39 is 0 Å². The maximum absolute atomic E-state index is 4.95. The van der Waals surface area contributed by atoms with E-state index in [1.807, 2.05) is 0 Å². The number of methoxy groups -OCH3 is 1. The van der Waals surface area contributed by atoms with Crippen LogP contribution in [0.4, 0.5) is 0 Å². The molecule has 0 aliphatic carbocycles. The Balaban J connectivity index is 2.98. The van der Waals surface area contributed by atoms with Crippen LogP contribution in [-0.2, 0) is 4.74 Å². The van der Waals surface area contributed by atoms with Gasteiger partial charge in [0.2, 0.25) is 0 Å². The van der Waals surface area contributed by atoms with Gasteiger partial charge in [-0.1, -0.05) is 44.8 Å². The average molecular weight is 227 g/mol. The minimum atomic E-state index is 0.807. The molecule has 0 saturated carbocycles. The summed E-state index contributed by atoms with van der Waals surface area (Å²) in [5.41, 5.74) is 0. The van der Waals surface area contributed by atoms with E-state index in [9.17, 15) is 0 Å². The molecule has 0 bridgehead atoms. The second-order valence-corrected chi connectivity index (χ2v) is 4.21. The van der Waals surface area contributed by atoms with Crippen molar-refractivity contribution in [2.45, 2.75) is 51.9 Å². The molecule has 0 spiro atoms. The Hall–Kier alpha value is -0.340. The lowest BCUT2D eigenvalue weighted by Gasteiger charge is -2.00. The number of rotatable bonds is 12. The van der Waals surface area contributed by atoms with Crippen molar-refractivity contribution < 1.29 is 4.74 Å². The van der Waals surface area contributed by atoms with Crippen molar-refractivity contribution >= 4 is 0 Å². The normalized spacial score (nSPS) is 11.4. The Bertz CT molecular complexity index is 130. The summed E-state index contributed by atoms with van der Waals surface area (Å²) in [6.45, 7) is 5.09. The van der Waals surface area contributed by atoms with Crippen molar-refractivity contribution in [2.75, 3.05) is 26.8 Å². The zero-order valence-corrected chi connectivity index (χ0v) is 11.1. The SMILES string of the molecule is CCCCCCCC=CCCNCCOC. The van der Waals surface area contributed by atoms with Crippen molar-refractivity contribution in [3.05, 3.63) is 12.2 Å². The zero-order valence-electron chi connectivity index (χ0n) is 11.1. The van der Waals surface area contributed by atoms with Crippen LogP contribution in [0.1, 0.15) is 51.9 Å². The van der Waals surface area contributed by atoms with Crippen molar-refractivity contribution in [3.63, 3.8) is 0 Å². The van der Waals surface area contributed by atoms with E-state index in [0.717, 1.165) is 26.1 Å². The maximum Gasteiger partial charge on any atom is 0.0587 e. The maximum atomic E-state index is 4.95. The highest BCUT2D eigenvalue weighted by atomic mass is 16.5. The van der Waals surface area contributed by atoms with Gasteiger partial charge in [0, 0.05) is 13.7 Å². The van der Waals surface area contributed by atoms with Gasteiger partial charge in [0.15, 0.2) is 0 Å². The number of ether oxygens (including phenoxy) is 1. The fourth-order valence-electron chi connectivity index (χ4n) is 1.59. The summed E-state index contributed by atoms with van der Waals surface area (Å²) < 4.78 is 4.95. The van der Waals surface area contributed by atoms with Crippen LogP contribution in [-0.4, -0.2) is 26.8 Å². The van der Waals surface area contributed by atoms with Gasteiger partial charge in [-0.2, -0.15) is 0 Å². The molecule has 0 heterocycles. The van der Waals surface area contributed by atoms with E-state index in [4.69, 9.17) is 4.74 Å². The molecule has 0 fully saturated rings. The summed E-state index contributed by atoms with van der Waals surface area (Å²) in [4.78, 5) is 0. The predicted molar refractivity (Wildman–Crippen MR) is 71.9 cm³/mol. The minimum Gasteiger partial charge on any atom is -0.383 e. The molecular formula is C14H29NO. The minimum absolute atomic E-state index is 0.807. The van der Waals surface area contributed by atoms with Crippen molar-refractivity contribution in [1.29, 1.82) is 0 Å². The third-order valence-corrected chi connectivity index (χ3v) is 2.61. The summed E-state index contributed by atoms with van der Waals surface area (Å²) >= 11 is 0. The molecule has 0 amide bonds. The van der Waals surface area contributed by atoms with E-state index in [2.05, 4.69) is 24.4 Å². The predicted octanol–water partition coefficient (Wildman–Crippen LogP) is 3.53. The first-order chi connectivity index (χ1) is 7.91. The van der Waals surface area contributed by atoms with Crippen LogP contribution in [0.25, 0.3) is 0 Å². The lowest BCUT2D eigenvalue weighted by atomic mass is 10.1. The number of nitrogens with one attached hydrogen (secondary N) is 1. The first-order valence-corrected chi connectivity index (χ1v) is 6.76. The lowest BCUT2D eigenvalue weighted by Crippen LogP contribution is -2.19. The Morgan fingerprint density at radius 3 is 2.44 bits per heavy atom. The quantitative estimate of drug-likeness (QED) is 0.407. The van der Waals surface area contributed by atoms with Crippen molar-refractivity contribution in [3.8, 4) is 0 Å². The molecular weight excluding hydrogens is 198 g/mol. The van der Waals surface area contributed by atoms with E-state index in [1.54, 1.807) is 7.11 Å². The van der Waals surface area contributed by atoms with Crippen LogP contribution < -0.4 is 5.32 Å². The van der Waals surface area contributed by atoms with Gasteiger partial charge >= 0.3 is 0 Å². The van der Waals surface area contributed by atoms with Gasteiger partial charge < -0.3 is 10.1 Å². The summed E-state index contributed by atoms with van der Waals surface area (Å²) in [6.07, 6.45) is 13.9. The second-order valence-electron chi connectivity index (χ2n) is 4.21. The number of hydrogen-bond donors (Lipinski definition) is 1. The Morgan fingerprint density at radius 1 is 0.938 bits per heavy atom. The molecule has 1 N–H and O–H groups in total. The third-order valence-electron chi connectivity index (χ3n) is 2.61. The smallest absolute Gasteiger partial charge is 0.0587 e. The van der Waals surface area contributed by atoms with Gasteiger partial charge in [0.1, 0.15) is 0 Å². The Morgan fingerprint density at radius 2 is 1.69 bits per heavy atom. The van der Waals surface area contributed by atoms with Crippen molar-refractivity contribution in [1.82, 2.24) is 5.32 Å². The van der Waals surface area contributed by atoms with Crippen LogP contribution in [0, 0.1) is 0 Å². The molecule has 0 aromatic heterocycles. The first kappa shape index (κ1) is 15.7. The molecule has 0 unspecified atom stereocenters.